The third-order valence-electron chi connectivity index (χ3n) is 6.74. The Morgan fingerprint density at radius 3 is 2.40 bits per heavy atom. The zero-order valence-corrected chi connectivity index (χ0v) is 18.8. The Labute approximate surface area is 201 Å². The van der Waals surface area contributed by atoms with E-state index in [2.05, 4.69) is 22.5 Å². The van der Waals surface area contributed by atoms with Gasteiger partial charge in [0.25, 0.3) is 0 Å². The lowest BCUT2D eigenvalue weighted by Crippen LogP contribution is -2.43. The average Bonchev–Trinajstić information content (AvgIpc) is 3.55. The van der Waals surface area contributed by atoms with E-state index in [-0.39, 0.29) is 25.5 Å². The lowest BCUT2D eigenvalue weighted by Gasteiger charge is -2.24. The van der Waals surface area contributed by atoms with Gasteiger partial charge >= 0.3 is 6.09 Å². The Morgan fingerprint density at radius 2 is 1.69 bits per heavy atom. The van der Waals surface area contributed by atoms with Crippen LogP contribution in [0.25, 0.3) is 16.6 Å². The highest BCUT2D eigenvalue weighted by Crippen LogP contribution is 2.44. The first kappa shape index (κ1) is 21.3. The SMILES string of the molecule is O=C(Nc1cc2ccccn2n1)[C@H]1C[C@@H](F)CN1C(=O)OCC1c2ccccc2-c2ccccc21. The van der Waals surface area contributed by atoms with Gasteiger partial charge in [-0.15, -0.1) is 0 Å². The maximum Gasteiger partial charge on any atom is 0.410 e. The fourth-order valence-electron chi connectivity index (χ4n) is 5.12. The number of aromatic nitrogens is 2. The monoisotopic (exact) mass is 470 g/mol. The summed E-state index contributed by atoms with van der Waals surface area (Å²) in [6.07, 6.45) is -0.306. The molecule has 7 nitrogen and oxygen atoms in total. The van der Waals surface area contributed by atoms with Gasteiger partial charge in [0.05, 0.1) is 12.1 Å². The van der Waals surface area contributed by atoms with Crippen LogP contribution in [0.2, 0.25) is 0 Å². The van der Waals surface area contributed by atoms with E-state index < -0.39 is 24.2 Å². The van der Waals surface area contributed by atoms with Crippen LogP contribution < -0.4 is 5.32 Å². The average molecular weight is 471 g/mol. The second kappa shape index (κ2) is 8.54. The molecule has 1 aliphatic carbocycles. The molecule has 2 amide bonds. The van der Waals surface area contributed by atoms with E-state index in [0.717, 1.165) is 27.8 Å². The van der Waals surface area contributed by atoms with E-state index >= 15 is 0 Å². The van der Waals surface area contributed by atoms with E-state index in [1.807, 2.05) is 54.6 Å². The number of hydrogen-bond acceptors (Lipinski definition) is 4. The van der Waals surface area contributed by atoms with Gasteiger partial charge in [0, 0.05) is 24.6 Å². The van der Waals surface area contributed by atoms with Crippen LogP contribution in [-0.4, -0.2) is 51.9 Å². The first-order valence-electron chi connectivity index (χ1n) is 11.6. The van der Waals surface area contributed by atoms with Crippen molar-refractivity contribution in [2.24, 2.45) is 0 Å². The Bertz CT molecular complexity index is 1360. The molecule has 0 unspecified atom stereocenters. The van der Waals surface area contributed by atoms with Crippen molar-refractivity contribution in [2.45, 2.75) is 24.6 Å². The number of anilines is 1. The smallest absolute Gasteiger partial charge is 0.410 e. The molecule has 2 aliphatic rings. The summed E-state index contributed by atoms with van der Waals surface area (Å²) in [6.45, 7) is -0.0684. The van der Waals surface area contributed by atoms with E-state index in [4.69, 9.17) is 4.74 Å². The number of benzene rings is 2. The molecule has 35 heavy (non-hydrogen) atoms. The molecule has 4 aromatic rings. The van der Waals surface area contributed by atoms with Crippen molar-refractivity contribution < 1.29 is 18.7 Å². The normalized spacial score (nSPS) is 18.9. The summed E-state index contributed by atoms with van der Waals surface area (Å²) < 4.78 is 21.6. The van der Waals surface area contributed by atoms with Gasteiger partial charge in [0.2, 0.25) is 5.91 Å². The fourth-order valence-corrected chi connectivity index (χ4v) is 5.12. The van der Waals surface area contributed by atoms with Gasteiger partial charge in [-0.05, 0) is 34.4 Å². The highest BCUT2D eigenvalue weighted by Gasteiger charge is 2.41. The molecule has 0 spiro atoms. The first-order chi connectivity index (χ1) is 17.1. The minimum Gasteiger partial charge on any atom is -0.448 e. The molecule has 0 bridgehead atoms. The minimum absolute atomic E-state index is 0.0800. The number of hydrogen-bond donors (Lipinski definition) is 1. The lowest BCUT2D eigenvalue weighted by molar-refractivity contribution is -0.120. The molecule has 1 fully saturated rings. The molecule has 2 aromatic carbocycles. The van der Waals surface area contributed by atoms with E-state index in [1.165, 1.54) is 4.90 Å². The van der Waals surface area contributed by atoms with Crippen molar-refractivity contribution in [3.8, 4) is 11.1 Å². The van der Waals surface area contributed by atoms with Crippen molar-refractivity contribution >= 4 is 23.3 Å². The van der Waals surface area contributed by atoms with E-state index in [1.54, 1.807) is 16.8 Å². The van der Waals surface area contributed by atoms with Crippen molar-refractivity contribution in [1.82, 2.24) is 14.5 Å². The molecule has 1 saturated heterocycles. The summed E-state index contributed by atoms with van der Waals surface area (Å²) in [5, 5.41) is 7.02. The maximum atomic E-state index is 14.3. The third-order valence-corrected chi connectivity index (χ3v) is 6.74. The Morgan fingerprint density at radius 1 is 1.00 bits per heavy atom. The van der Waals surface area contributed by atoms with E-state index in [0.29, 0.717) is 5.82 Å². The van der Waals surface area contributed by atoms with Crippen molar-refractivity contribution in [1.29, 1.82) is 0 Å². The van der Waals surface area contributed by atoms with Crippen molar-refractivity contribution in [3.63, 3.8) is 0 Å². The van der Waals surface area contributed by atoms with Crippen LogP contribution in [0.4, 0.5) is 15.0 Å². The van der Waals surface area contributed by atoms with Gasteiger partial charge in [-0.3, -0.25) is 9.69 Å². The number of fused-ring (bicyclic) bond motifs is 4. The van der Waals surface area contributed by atoms with Gasteiger partial charge in [0.15, 0.2) is 5.82 Å². The zero-order chi connectivity index (χ0) is 23.9. The Balaban J connectivity index is 1.17. The van der Waals surface area contributed by atoms with Crippen molar-refractivity contribution in [3.05, 3.63) is 90.1 Å². The van der Waals surface area contributed by atoms with Crippen LogP contribution >= 0.6 is 0 Å². The summed E-state index contributed by atoms with van der Waals surface area (Å²) in [5.41, 5.74) is 5.24. The number of rotatable bonds is 4. The van der Waals surface area contributed by atoms with Crippen LogP contribution in [0, 0.1) is 0 Å². The number of ether oxygens (including phenoxy) is 1. The summed E-state index contributed by atoms with van der Waals surface area (Å²) in [5.74, 6) is -0.251. The molecule has 0 saturated carbocycles. The summed E-state index contributed by atoms with van der Waals surface area (Å²) in [6, 6.07) is 22.4. The molecule has 6 rings (SSSR count). The predicted octanol–water partition coefficient (Wildman–Crippen LogP) is 4.63. The molecule has 1 aliphatic heterocycles. The number of nitrogens with zero attached hydrogens (tertiary/aromatic N) is 3. The second-order valence-corrected chi connectivity index (χ2v) is 8.89. The number of pyridine rings is 1. The molecule has 3 heterocycles. The summed E-state index contributed by atoms with van der Waals surface area (Å²) in [7, 11) is 0. The highest BCUT2D eigenvalue weighted by molar-refractivity contribution is 5.96. The number of carbonyl (C=O) groups excluding carboxylic acids is 2. The van der Waals surface area contributed by atoms with Gasteiger partial charge in [-0.2, -0.15) is 5.10 Å². The Kier molecular flexibility index (Phi) is 5.21. The number of likely N-dealkylation sites (tertiary alicyclic amines) is 1. The topological polar surface area (TPSA) is 75.9 Å². The number of alkyl halides is 1. The van der Waals surface area contributed by atoms with Crippen LogP contribution in [0.15, 0.2) is 79.0 Å². The number of halogens is 1. The lowest BCUT2D eigenvalue weighted by atomic mass is 9.98. The summed E-state index contributed by atoms with van der Waals surface area (Å²) >= 11 is 0. The van der Waals surface area contributed by atoms with Crippen LogP contribution in [0.3, 0.4) is 0 Å². The van der Waals surface area contributed by atoms with Gasteiger partial charge in [0.1, 0.15) is 18.8 Å². The second-order valence-electron chi connectivity index (χ2n) is 8.89. The first-order valence-corrected chi connectivity index (χ1v) is 11.6. The van der Waals surface area contributed by atoms with Crippen LogP contribution in [-0.2, 0) is 9.53 Å². The molecule has 176 valence electrons. The quantitative estimate of drug-likeness (QED) is 0.472. The van der Waals surface area contributed by atoms with Gasteiger partial charge in [-0.1, -0.05) is 54.6 Å². The van der Waals surface area contributed by atoms with E-state index in [9.17, 15) is 14.0 Å². The number of nitrogens with one attached hydrogen (secondary N) is 1. The molecule has 8 heteroatoms. The predicted molar refractivity (Wildman–Crippen MR) is 129 cm³/mol. The van der Waals surface area contributed by atoms with Crippen molar-refractivity contribution in [2.75, 3.05) is 18.5 Å². The standard InChI is InChI=1S/C27H23FN4O3/c28-17-13-24(26(33)29-25-14-18-7-5-6-12-32(18)30-25)31(15-17)27(34)35-16-23-21-10-3-1-8-19(21)20-9-2-4-11-22(20)23/h1-12,14,17,23-24H,13,15-16H2,(H,29,30,33)/t17-,24-/m1/s1. The fraction of sp³-hybridized carbons (Fsp3) is 0.222. The largest absolute Gasteiger partial charge is 0.448 e. The zero-order valence-electron chi connectivity index (χ0n) is 18.8. The van der Waals surface area contributed by atoms with Crippen LogP contribution in [0.1, 0.15) is 23.5 Å². The maximum absolute atomic E-state index is 14.3. The molecular weight excluding hydrogens is 447 g/mol. The molecule has 1 N–H and O–H groups in total. The molecule has 2 atom stereocenters. The number of amides is 2. The molecule has 0 radical (unpaired) electrons. The minimum atomic E-state index is -1.30. The number of carbonyl (C=O) groups is 2. The summed E-state index contributed by atoms with van der Waals surface area (Å²) in [4.78, 5) is 27.2. The molecule has 2 aromatic heterocycles. The van der Waals surface area contributed by atoms with Crippen LogP contribution in [0.5, 0.6) is 0 Å². The molecular formula is C27H23FN4O3. The third kappa shape index (κ3) is 3.80. The van der Waals surface area contributed by atoms with Gasteiger partial charge in [-0.25, -0.2) is 13.7 Å². The Hall–Kier alpha value is -4.20. The highest BCUT2D eigenvalue weighted by atomic mass is 19.1. The van der Waals surface area contributed by atoms with Gasteiger partial charge < -0.3 is 10.1 Å².